The molecule has 1 heterocycles. The van der Waals surface area contributed by atoms with Gasteiger partial charge in [0.05, 0.1) is 18.4 Å². The van der Waals surface area contributed by atoms with Crippen LogP contribution in [-0.4, -0.2) is 23.8 Å². The third-order valence-corrected chi connectivity index (χ3v) is 6.77. The monoisotopic (exact) mass is 513 g/mol. The fraction of sp³-hybridized carbons (Fsp3) is 0.138. The van der Waals surface area contributed by atoms with Gasteiger partial charge in [0.25, 0.3) is 0 Å². The topological polar surface area (TPSA) is 75.0 Å². The Labute approximate surface area is 220 Å². The number of halogens is 1. The molecule has 5 nitrogen and oxygen atoms in total. The molecule has 1 N–H and O–H groups in total. The van der Waals surface area contributed by atoms with Crippen LogP contribution >= 0.6 is 23.4 Å². The van der Waals surface area contributed by atoms with Gasteiger partial charge in [0.2, 0.25) is 5.91 Å². The fourth-order valence-electron chi connectivity index (χ4n) is 3.60. The molecule has 0 fully saturated rings. The lowest BCUT2D eigenvalue weighted by Crippen LogP contribution is -2.12. The molecule has 1 amide bonds. The zero-order valence-electron chi connectivity index (χ0n) is 19.9. The number of carbonyl (C=O) groups excluding carboxylic acids is 1. The molecule has 0 saturated heterocycles. The Morgan fingerprint density at radius 1 is 1.03 bits per heavy atom. The number of hydrogen-bond donors (Lipinski definition) is 1. The molecule has 0 radical (unpaired) electrons. The average molecular weight is 514 g/mol. The van der Waals surface area contributed by atoms with Crippen molar-refractivity contribution in [1.29, 1.82) is 5.26 Å². The molecule has 0 aliphatic heterocycles. The van der Waals surface area contributed by atoms with Crippen molar-refractivity contribution < 1.29 is 9.53 Å². The summed E-state index contributed by atoms with van der Waals surface area (Å²) in [5, 5.41) is 14.1. The Hall–Kier alpha value is -3.79. The Balaban J connectivity index is 1.61. The third-order valence-electron chi connectivity index (χ3n) is 5.54. The minimum atomic E-state index is -0.117. The van der Waals surface area contributed by atoms with Gasteiger partial charge in [-0.05, 0) is 67.1 Å². The van der Waals surface area contributed by atoms with E-state index in [0.717, 1.165) is 33.7 Å². The van der Waals surface area contributed by atoms with Gasteiger partial charge in [-0.3, -0.25) is 4.79 Å². The van der Waals surface area contributed by atoms with E-state index in [0.29, 0.717) is 27.1 Å². The highest BCUT2D eigenvalue weighted by atomic mass is 35.5. The number of ether oxygens (including phenoxy) is 1. The van der Waals surface area contributed by atoms with Gasteiger partial charge in [0.15, 0.2) is 0 Å². The minimum absolute atomic E-state index is 0.117. The molecule has 36 heavy (non-hydrogen) atoms. The van der Waals surface area contributed by atoms with Crippen molar-refractivity contribution in [3.8, 4) is 34.2 Å². The van der Waals surface area contributed by atoms with Gasteiger partial charge < -0.3 is 10.1 Å². The van der Waals surface area contributed by atoms with E-state index in [1.165, 1.54) is 11.8 Å². The highest BCUT2D eigenvalue weighted by molar-refractivity contribution is 7.99. The Morgan fingerprint density at radius 2 is 1.69 bits per heavy atom. The zero-order valence-corrected chi connectivity index (χ0v) is 21.5. The summed E-state index contributed by atoms with van der Waals surface area (Å²) < 4.78 is 5.28. The molecule has 0 bridgehead atoms. The number of benzene rings is 3. The summed E-state index contributed by atoms with van der Waals surface area (Å²) >= 11 is 7.31. The van der Waals surface area contributed by atoms with Crippen LogP contribution in [0.15, 0.2) is 83.9 Å². The molecule has 0 spiro atoms. The molecule has 1 aromatic heterocycles. The van der Waals surface area contributed by atoms with Gasteiger partial charge in [0, 0.05) is 34.0 Å². The number of aryl methyl sites for hydroxylation is 1. The minimum Gasteiger partial charge on any atom is -0.497 e. The standard InChI is InChI=1S/C29H24ClN3O2S/c1-19-3-5-20(6-4-19)25-17-27(21-7-13-24(35-2)14-8-21)33-29(26(25)18-31)36-16-15-28(34)32-23-11-9-22(30)10-12-23/h3-14,17H,15-16H2,1-2H3,(H,32,34). The largest absolute Gasteiger partial charge is 0.497 e. The number of rotatable bonds is 8. The van der Waals surface area contributed by atoms with Crippen LogP contribution in [0, 0.1) is 18.3 Å². The number of nitrogens with one attached hydrogen (secondary N) is 1. The number of pyridine rings is 1. The maximum Gasteiger partial charge on any atom is 0.225 e. The van der Waals surface area contributed by atoms with Gasteiger partial charge in [0.1, 0.15) is 16.8 Å². The lowest BCUT2D eigenvalue weighted by Gasteiger charge is -2.13. The molecular weight excluding hydrogens is 490 g/mol. The van der Waals surface area contributed by atoms with Crippen molar-refractivity contribution in [3.05, 3.63) is 95.0 Å². The number of thioether (sulfide) groups is 1. The van der Waals surface area contributed by atoms with E-state index < -0.39 is 0 Å². The quantitative estimate of drug-likeness (QED) is 0.249. The second-order valence-electron chi connectivity index (χ2n) is 8.10. The predicted octanol–water partition coefficient (Wildman–Crippen LogP) is 7.38. The van der Waals surface area contributed by atoms with Crippen LogP contribution in [0.5, 0.6) is 5.75 Å². The summed E-state index contributed by atoms with van der Waals surface area (Å²) in [6.07, 6.45) is 0.270. The first-order valence-corrected chi connectivity index (χ1v) is 12.7. The lowest BCUT2D eigenvalue weighted by molar-refractivity contribution is -0.115. The van der Waals surface area contributed by atoms with Gasteiger partial charge in [-0.15, -0.1) is 11.8 Å². The lowest BCUT2D eigenvalue weighted by atomic mass is 9.98. The van der Waals surface area contributed by atoms with E-state index in [-0.39, 0.29) is 12.3 Å². The number of aromatic nitrogens is 1. The van der Waals surface area contributed by atoms with Crippen LogP contribution in [0.25, 0.3) is 22.4 Å². The van der Waals surface area contributed by atoms with Crippen LogP contribution in [-0.2, 0) is 4.79 Å². The van der Waals surface area contributed by atoms with Crippen molar-refractivity contribution in [2.45, 2.75) is 18.4 Å². The van der Waals surface area contributed by atoms with Crippen molar-refractivity contribution in [2.75, 3.05) is 18.2 Å². The summed E-state index contributed by atoms with van der Waals surface area (Å²) in [6.45, 7) is 2.03. The second-order valence-corrected chi connectivity index (χ2v) is 9.62. The summed E-state index contributed by atoms with van der Waals surface area (Å²) in [5.41, 5.74) is 5.75. The number of methoxy groups -OCH3 is 1. The number of amides is 1. The van der Waals surface area contributed by atoms with E-state index in [2.05, 4.69) is 11.4 Å². The zero-order chi connectivity index (χ0) is 25.5. The molecule has 3 aromatic carbocycles. The summed E-state index contributed by atoms with van der Waals surface area (Å²) in [6, 6.07) is 27.0. The molecule has 0 aliphatic rings. The van der Waals surface area contributed by atoms with Crippen LogP contribution in [0.2, 0.25) is 5.02 Å². The highest BCUT2D eigenvalue weighted by Crippen LogP contribution is 2.35. The first kappa shape index (κ1) is 25.3. The van der Waals surface area contributed by atoms with E-state index in [4.69, 9.17) is 21.3 Å². The average Bonchev–Trinajstić information content (AvgIpc) is 2.90. The first-order valence-electron chi connectivity index (χ1n) is 11.3. The number of anilines is 1. The Bertz CT molecular complexity index is 1400. The fourth-order valence-corrected chi connectivity index (χ4v) is 4.67. The van der Waals surface area contributed by atoms with Gasteiger partial charge in [-0.1, -0.05) is 41.4 Å². The molecular formula is C29H24ClN3O2S. The number of nitriles is 1. The highest BCUT2D eigenvalue weighted by Gasteiger charge is 2.16. The normalized spacial score (nSPS) is 10.5. The van der Waals surface area contributed by atoms with Crippen LogP contribution in [0.1, 0.15) is 17.5 Å². The third kappa shape index (κ3) is 6.25. The maximum atomic E-state index is 12.5. The van der Waals surface area contributed by atoms with Gasteiger partial charge in [-0.25, -0.2) is 4.98 Å². The molecule has 4 rings (SSSR count). The van der Waals surface area contributed by atoms with Crippen LogP contribution < -0.4 is 10.1 Å². The van der Waals surface area contributed by atoms with Crippen LogP contribution in [0.4, 0.5) is 5.69 Å². The Morgan fingerprint density at radius 3 is 2.33 bits per heavy atom. The summed E-state index contributed by atoms with van der Waals surface area (Å²) in [7, 11) is 1.63. The molecule has 0 saturated carbocycles. The molecule has 180 valence electrons. The predicted molar refractivity (Wildman–Crippen MR) is 147 cm³/mol. The first-order chi connectivity index (χ1) is 17.5. The Kier molecular flexibility index (Phi) is 8.27. The molecule has 0 aliphatic carbocycles. The van der Waals surface area contributed by atoms with Crippen molar-refractivity contribution >= 4 is 35.0 Å². The summed E-state index contributed by atoms with van der Waals surface area (Å²) in [4.78, 5) is 17.3. The molecule has 4 aromatic rings. The van der Waals surface area contributed by atoms with E-state index in [9.17, 15) is 10.1 Å². The smallest absolute Gasteiger partial charge is 0.225 e. The van der Waals surface area contributed by atoms with E-state index >= 15 is 0 Å². The molecule has 7 heteroatoms. The van der Waals surface area contributed by atoms with Crippen LogP contribution in [0.3, 0.4) is 0 Å². The van der Waals surface area contributed by atoms with Crippen molar-refractivity contribution in [3.63, 3.8) is 0 Å². The van der Waals surface area contributed by atoms with Gasteiger partial charge >= 0.3 is 0 Å². The molecule has 0 unspecified atom stereocenters. The summed E-state index contributed by atoms with van der Waals surface area (Å²) in [5.74, 6) is 1.11. The van der Waals surface area contributed by atoms with Gasteiger partial charge in [-0.2, -0.15) is 5.26 Å². The van der Waals surface area contributed by atoms with E-state index in [1.54, 1.807) is 31.4 Å². The number of carbonyl (C=O) groups is 1. The van der Waals surface area contributed by atoms with Crippen molar-refractivity contribution in [1.82, 2.24) is 4.98 Å². The van der Waals surface area contributed by atoms with Crippen molar-refractivity contribution in [2.24, 2.45) is 0 Å². The number of hydrogen-bond acceptors (Lipinski definition) is 5. The number of nitrogens with zero attached hydrogens (tertiary/aromatic N) is 2. The molecule has 0 atom stereocenters. The maximum absolute atomic E-state index is 12.5. The second kappa shape index (κ2) is 11.8. The van der Waals surface area contributed by atoms with E-state index in [1.807, 2.05) is 61.5 Å². The SMILES string of the molecule is COc1ccc(-c2cc(-c3ccc(C)cc3)c(C#N)c(SCCC(=O)Nc3ccc(Cl)cc3)n2)cc1.